The molecule has 0 aliphatic carbocycles. The molecule has 2 aromatic carbocycles. The SMILES string of the molecule is Cc1ccc(C(=O)NC(c2nc(-c3cccc([N+](=O)[O-])c3)no2)C(C)C)cc1C. The van der Waals surface area contributed by atoms with Gasteiger partial charge in [0.2, 0.25) is 11.7 Å². The molecule has 1 atom stereocenters. The fraction of sp³-hybridized carbons (Fsp3) is 0.286. The van der Waals surface area contributed by atoms with E-state index < -0.39 is 11.0 Å². The summed E-state index contributed by atoms with van der Waals surface area (Å²) in [7, 11) is 0. The molecule has 1 N–H and O–H groups in total. The van der Waals surface area contributed by atoms with Crippen LogP contribution in [0.4, 0.5) is 5.69 Å². The average molecular weight is 394 g/mol. The van der Waals surface area contributed by atoms with Crippen molar-refractivity contribution in [1.29, 1.82) is 0 Å². The molecule has 8 nitrogen and oxygen atoms in total. The summed E-state index contributed by atoms with van der Waals surface area (Å²) in [5, 5.41) is 17.9. The smallest absolute Gasteiger partial charge is 0.270 e. The Balaban J connectivity index is 1.85. The predicted octanol–water partition coefficient (Wildman–Crippen LogP) is 4.39. The van der Waals surface area contributed by atoms with Crippen molar-refractivity contribution in [2.45, 2.75) is 33.7 Å². The van der Waals surface area contributed by atoms with Gasteiger partial charge in [0, 0.05) is 23.3 Å². The quantitative estimate of drug-likeness (QED) is 0.490. The van der Waals surface area contributed by atoms with Crippen LogP contribution in [0.1, 0.15) is 47.3 Å². The second-order valence-electron chi connectivity index (χ2n) is 7.26. The molecule has 0 aliphatic rings. The number of non-ortho nitro benzene ring substituents is 1. The van der Waals surface area contributed by atoms with Crippen LogP contribution in [0, 0.1) is 29.9 Å². The number of hydrogen-bond acceptors (Lipinski definition) is 6. The van der Waals surface area contributed by atoms with Gasteiger partial charge in [-0.15, -0.1) is 0 Å². The highest BCUT2D eigenvalue weighted by Gasteiger charge is 2.26. The Labute approximate surface area is 168 Å². The van der Waals surface area contributed by atoms with E-state index in [0.717, 1.165) is 11.1 Å². The average Bonchev–Trinajstić information content (AvgIpc) is 3.17. The molecule has 0 fully saturated rings. The third-order valence-electron chi connectivity index (χ3n) is 4.75. The summed E-state index contributed by atoms with van der Waals surface area (Å²) in [6.07, 6.45) is 0. The number of nitro benzene ring substituents is 1. The minimum atomic E-state index is -0.496. The maximum absolute atomic E-state index is 12.7. The van der Waals surface area contributed by atoms with E-state index >= 15 is 0 Å². The first-order chi connectivity index (χ1) is 13.8. The van der Waals surface area contributed by atoms with Crippen LogP contribution in [0.5, 0.6) is 0 Å². The van der Waals surface area contributed by atoms with E-state index in [1.807, 2.05) is 39.8 Å². The molecule has 0 radical (unpaired) electrons. The fourth-order valence-electron chi connectivity index (χ4n) is 2.86. The van der Waals surface area contributed by atoms with Crippen molar-refractivity contribution < 1.29 is 14.2 Å². The Bertz CT molecular complexity index is 1060. The van der Waals surface area contributed by atoms with Gasteiger partial charge in [-0.2, -0.15) is 4.98 Å². The third-order valence-corrected chi connectivity index (χ3v) is 4.75. The van der Waals surface area contributed by atoms with Gasteiger partial charge in [-0.3, -0.25) is 14.9 Å². The number of carbonyl (C=O) groups is 1. The highest BCUT2D eigenvalue weighted by molar-refractivity contribution is 5.94. The topological polar surface area (TPSA) is 111 Å². The van der Waals surface area contributed by atoms with Crippen molar-refractivity contribution in [2.24, 2.45) is 5.92 Å². The maximum atomic E-state index is 12.7. The second kappa shape index (κ2) is 8.22. The molecule has 1 unspecified atom stereocenters. The van der Waals surface area contributed by atoms with E-state index in [2.05, 4.69) is 15.5 Å². The number of amides is 1. The lowest BCUT2D eigenvalue weighted by Crippen LogP contribution is -2.32. The van der Waals surface area contributed by atoms with Gasteiger partial charge in [0.1, 0.15) is 6.04 Å². The molecular weight excluding hydrogens is 372 g/mol. The Hall–Kier alpha value is -3.55. The van der Waals surface area contributed by atoms with Crippen LogP contribution in [-0.4, -0.2) is 21.0 Å². The van der Waals surface area contributed by atoms with E-state index in [1.165, 1.54) is 12.1 Å². The van der Waals surface area contributed by atoms with Gasteiger partial charge in [-0.1, -0.05) is 37.2 Å². The number of carbonyl (C=O) groups excluding carboxylic acids is 1. The van der Waals surface area contributed by atoms with E-state index in [9.17, 15) is 14.9 Å². The summed E-state index contributed by atoms with van der Waals surface area (Å²) in [6.45, 7) is 7.81. The number of aromatic nitrogens is 2. The van der Waals surface area contributed by atoms with Crippen molar-refractivity contribution in [1.82, 2.24) is 15.5 Å². The molecule has 1 aromatic heterocycles. The molecule has 3 rings (SSSR count). The number of nitrogens with zero attached hydrogens (tertiary/aromatic N) is 3. The number of benzene rings is 2. The first-order valence-electron chi connectivity index (χ1n) is 9.23. The highest BCUT2D eigenvalue weighted by Crippen LogP contribution is 2.26. The van der Waals surface area contributed by atoms with Crippen LogP contribution in [0.25, 0.3) is 11.4 Å². The van der Waals surface area contributed by atoms with Gasteiger partial charge in [-0.05, 0) is 43.0 Å². The van der Waals surface area contributed by atoms with Gasteiger partial charge < -0.3 is 9.84 Å². The third kappa shape index (κ3) is 4.48. The van der Waals surface area contributed by atoms with Gasteiger partial charge in [0.15, 0.2) is 0 Å². The maximum Gasteiger partial charge on any atom is 0.270 e. The van der Waals surface area contributed by atoms with Crippen LogP contribution in [0.15, 0.2) is 47.0 Å². The zero-order chi connectivity index (χ0) is 21.1. The first kappa shape index (κ1) is 20.2. The predicted molar refractivity (Wildman–Crippen MR) is 107 cm³/mol. The van der Waals surface area contributed by atoms with Crippen LogP contribution in [0.2, 0.25) is 0 Å². The first-order valence-corrected chi connectivity index (χ1v) is 9.23. The van der Waals surface area contributed by atoms with Crippen molar-refractivity contribution in [2.75, 3.05) is 0 Å². The molecule has 1 amide bonds. The van der Waals surface area contributed by atoms with Gasteiger partial charge in [0.25, 0.3) is 11.6 Å². The fourth-order valence-corrected chi connectivity index (χ4v) is 2.86. The van der Waals surface area contributed by atoms with Crippen LogP contribution in [-0.2, 0) is 0 Å². The summed E-state index contributed by atoms with van der Waals surface area (Å²) >= 11 is 0. The molecule has 0 saturated heterocycles. The van der Waals surface area contributed by atoms with E-state index in [4.69, 9.17) is 4.52 Å². The van der Waals surface area contributed by atoms with Crippen LogP contribution >= 0.6 is 0 Å². The Kier molecular flexibility index (Phi) is 5.72. The van der Waals surface area contributed by atoms with Gasteiger partial charge in [0.05, 0.1) is 4.92 Å². The monoisotopic (exact) mass is 394 g/mol. The molecule has 150 valence electrons. The van der Waals surface area contributed by atoms with Crippen molar-refractivity contribution in [3.63, 3.8) is 0 Å². The summed E-state index contributed by atoms with van der Waals surface area (Å²) in [5.41, 5.74) is 3.11. The molecule has 1 heterocycles. The normalized spacial score (nSPS) is 12.0. The molecule has 0 bridgehead atoms. The molecule has 0 saturated carbocycles. The zero-order valence-electron chi connectivity index (χ0n) is 16.7. The Morgan fingerprint density at radius 3 is 2.55 bits per heavy atom. The molecular formula is C21H22N4O4. The summed E-state index contributed by atoms with van der Waals surface area (Å²) in [6, 6.07) is 11.0. The lowest BCUT2D eigenvalue weighted by molar-refractivity contribution is -0.384. The summed E-state index contributed by atoms with van der Waals surface area (Å²) < 4.78 is 5.38. The molecule has 3 aromatic rings. The number of nitrogens with one attached hydrogen (secondary N) is 1. The lowest BCUT2D eigenvalue weighted by Gasteiger charge is -2.18. The van der Waals surface area contributed by atoms with Gasteiger partial charge >= 0.3 is 0 Å². The number of aryl methyl sites for hydroxylation is 2. The molecule has 29 heavy (non-hydrogen) atoms. The largest absolute Gasteiger partial charge is 0.340 e. The van der Waals surface area contributed by atoms with E-state index in [-0.39, 0.29) is 29.2 Å². The molecule has 0 aliphatic heterocycles. The number of hydrogen-bond donors (Lipinski definition) is 1. The minimum absolute atomic E-state index is 0.0103. The van der Waals surface area contributed by atoms with Gasteiger partial charge in [-0.25, -0.2) is 0 Å². The molecule has 8 heteroatoms. The van der Waals surface area contributed by atoms with Crippen molar-refractivity contribution in [3.8, 4) is 11.4 Å². The summed E-state index contributed by atoms with van der Waals surface area (Å²) in [5.74, 6) is 0.235. The lowest BCUT2D eigenvalue weighted by atomic mass is 10.0. The minimum Gasteiger partial charge on any atom is -0.340 e. The standard InChI is InChI=1S/C21H22N4O4/c1-12(2)18(22-20(26)16-9-8-13(3)14(4)10-16)21-23-19(24-29-21)15-6-5-7-17(11-15)25(27)28/h5-12,18H,1-4H3,(H,22,26). The highest BCUT2D eigenvalue weighted by atomic mass is 16.6. The second-order valence-corrected chi connectivity index (χ2v) is 7.26. The zero-order valence-corrected chi connectivity index (χ0v) is 16.7. The Morgan fingerprint density at radius 2 is 1.90 bits per heavy atom. The van der Waals surface area contributed by atoms with E-state index in [0.29, 0.717) is 11.1 Å². The molecule has 0 spiro atoms. The number of rotatable bonds is 6. The van der Waals surface area contributed by atoms with Crippen molar-refractivity contribution in [3.05, 3.63) is 75.2 Å². The van der Waals surface area contributed by atoms with Crippen LogP contribution in [0.3, 0.4) is 0 Å². The van der Waals surface area contributed by atoms with E-state index in [1.54, 1.807) is 18.2 Å². The van der Waals surface area contributed by atoms with Crippen molar-refractivity contribution >= 4 is 11.6 Å². The Morgan fingerprint density at radius 1 is 1.14 bits per heavy atom. The van der Waals surface area contributed by atoms with Crippen LogP contribution < -0.4 is 5.32 Å². The summed E-state index contributed by atoms with van der Waals surface area (Å²) in [4.78, 5) is 27.6. The number of nitro groups is 1.